The van der Waals surface area contributed by atoms with Crippen LogP contribution in [0.1, 0.15) is 17.2 Å². The van der Waals surface area contributed by atoms with Gasteiger partial charge in [-0.25, -0.2) is 0 Å². The van der Waals surface area contributed by atoms with Gasteiger partial charge in [-0.05, 0) is 40.6 Å². The van der Waals surface area contributed by atoms with Gasteiger partial charge in [-0.3, -0.25) is 4.31 Å². The molecule has 1 unspecified atom stereocenters. The minimum absolute atomic E-state index is 0.0117. The Labute approximate surface area is 171 Å². The van der Waals surface area contributed by atoms with E-state index in [1.54, 1.807) is 36.4 Å². The van der Waals surface area contributed by atoms with Gasteiger partial charge in [0, 0.05) is 4.90 Å². The van der Waals surface area contributed by atoms with Crippen molar-refractivity contribution in [2.75, 3.05) is 10.6 Å². The second-order valence-electron chi connectivity index (χ2n) is 6.52. The molecule has 0 saturated heterocycles. The summed E-state index contributed by atoms with van der Waals surface area (Å²) in [4.78, 5) is 0.878. The molecule has 0 bridgehead atoms. The molecule has 4 rings (SSSR count). The van der Waals surface area contributed by atoms with Crippen molar-refractivity contribution in [1.82, 2.24) is 0 Å². The molecule has 2 aliphatic carbocycles. The van der Waals surface area contributed by atoms with E-state index in [1.807, 2.05) is 24.5 Å². The van der Waals surface area contributed by atoms with Gasteiger partial charge in [-0.2, -0.15) is 21.6 Å². The number of halogens is 3. The fourth-order valence-corrected chi connectivity index (χ4v) is 5.37. The molecule has 3 nitrogen and oxygen atoms in total. The molecule has 8 heteroatoms. The monoisotopic (exact) mass is 435 g/mol. The third-order valence-corrected chi connectivity index (χ3v) is 7.18. The molecule has 1 aliphatic heterocycles. The number of sulfonamides is 1. The molecule has 0 fully saturated rings. The number of hydrogen-bond donors (Lipinski definition) is 0. The number of nitrogens with zero attached hydrogens (tertiary/aromatic N) is 1. The molecule has 3 aliphatic rings. The summed E-state index contributed by atoms with van der Waals surface area (Å²) in [7, 11) is -5.62. The normalized spacial score (nSPS) is 16.8. The Bertz CT molecular complexity index is 1170. The highest BCUT2D eigenvalue weighted by atomic mass is 32.2. The molecule has 1 atom stereocenters. The van der Waals surface area contributed by atoms with Crippen molar-refractivity contribution in [1.29, 1.82) is 0 Å². The number of fused-ring (bicyclic) bond motifs is 2. The number of alkyl halides is 3. The van der Waals surface area contributed by atoms with Crippen LogP contribution in [0.5, 0.6) is 0 Å². The Kier molecular flexibility index (Phi) is 4.86. The Hall–Kier alpha value is -2.45. The van der Waals surface area contributed by atoms with E-state index in [-0.39, 0.29) is 5.69 Å². The van der Waals surface area contributed by atoms with Crippen molar-refractivity contribution < 1.29 is 21.6 Å². The second-order valence-corrected chi connectivity index (χ2v) is 9.17. The first kappa shape index (κ1) is 19.8. The maximum absolute atomic E-state index is 13.6. The van der Waals surface area contributed by atoms with Crippen molar-refractivity contribution in [3.05, 3.63) is 77.9 Å². The first-order chi connectivity index (χ1) is 13.8. The number of rotatable bonds is 3. The number of anilines is 1. The molecule has 150 valence electrons. The third kappa shape index (κ3) is 3.20. The van der Waals surface area contributed by atoms with Crippen molar-refractivity contribution in [3.8, 4) is 11.1 Å². The largest absolute Gasteiger partial charge is 0.516 e. The summed E-state index contributed by atoms with van der Waals surface area (Å²) in [6.07, 6.45) is 5.06. The Balaban J connectivity index is 1.98. The smallest absolute Gasteiger partial charge is 0.251 e. The Morgan fingerprint density at radius 1 is 0.966 bits per heavy atom. The topological polar surface area (TPSA) is 37.4 Å². The first-order valence-electron chi connectivity index (χ1n) is 8.69. The van der Waals surface area contributed by atoms with E-state index in [0.717, 1.165) is 16.0 Å². The zero-order valence-electron chi connectivity index (χ0n) is 15.2. The second kappa shape index (κ2) is 7.11. The summed E-state index contributed by atoms with van der Waals surface area (Å²) in [5.74, 6) is 0. The SMILES string of the molecule is CSc1cc(C2C=Cc3ccccc3N2S(=O)(=O)C(F)(F)F)c2cccccc1-2. The number of thioether (sulfide) groups is 1. The van der Waals surface area contributed by atoms with E-state index in [9.17, 15) is 21.6 Å². The van der Waals surface area contributed by atoms with Gasteiger partial charge in [-0.15, -0.1) is 11.8 Å². The summed E-state index contributed by atoms with van der Waals surface area (Å²) >= 11 is 1.46. The highest BCUT2D eigenvalue weighted by molar-refractivity contribution is 7.98. The predicted molar refractivity (Wildman–Crippen MR) is 111 cm³/mol. The van der Waals surface area contributed by atoms with Crippen molar-refractivity contribution in [2.24, 2.45) is 0 Å². The lowest BCUT2D eigenvalue weighted by Crippen LogP contribution is -2.43. The lowest BCUT2D eigenvalue weighted by Gasteiger charge is -2.35. The third-order valence-electron chi connectivity index (χ3n) is 4.88. The van der Waals surface area contributed by atoms with E-state index >= 15 is 0 Å². The molecule has 29 heavy (non-hydrogen) atoms. The highest BCUT2D eigenvalue weighted by Gasteiger charge is 2.53. The van der Waals surface area contributed by atoms with Crippen LogP contribution in [0.25, 0.3) is 17.2 Å². The summed E-state index contributed by atoms with van der Waals surface area (Å²) in [5, 5.41) is 0. The predicted octanol–water partition coefficient (Wildman–Crippen LogP) is 5.94. The van der Waals surface area contributed by atoms with Gasteiger partial charge >= 0.3 is 15.5 Å². The van der Waals surface area contributed by atoms with Gasteiger partial charge in [0.1, 0.15) is 0 Å². The van der Waals surface area contributed by atoms with Crippen molar-refractivity contribution in [3.63, 3.8) is 0 Å². The zero-order valence-corrected chi connectivity index (χ0v) is 16.9. The molecule has 1 aromatic rings. The standard InChI is InChI=1S/C21H16F3NO2S2/c1-28-20-13-17(15-8-3-2-4-9-16(15)20)19-12-11-14-7-5-6-10-18(14)25(19)29(26,27)21(22,23)24/h2-13,19H,1H3. The summed E-state index contributed by atoms with van der Waals surface area (Å²) < 4.78 is 66.4. The number of benzene rings is 1. The lowest BCUT2D eigenvalue weighted by atomic mass is 9.98. The van der Waals surface area contributed by atoms with Crippen molar-refractivity contribution in [2.45, 2.75) is 16.4 Å². The van der Waals surface area contributed by atoms with Crippen LogP contribution < -0.4 is 4.31 Å². The molecule has 1 heterocycles. The summed E-state index contributed by atoms with van der Waals surface area (Å²) in [6.45, 7) is 0. The number of para-hydroxylation sites is 1. The molecule has 0 N–H and O–H groups in total. The van der Waals surface area contributed by atoms with Crippen LogP contribution in [0.3, 0.4) is 0 Å². The maximum Gasteiger partial charge on any atom is 0.516 e. The van der Waals surface area contributed by atoms with E-state index in [1.165, 1.54) is 30.0 Å². The maximum atomic E-state index is 13.6. The molecular formula is C21H16F3NO2S2. The number of hydrogen-bond acceptors (Lipinski definition) is 3. The van der Waals surface area contributed by atoms with Gasteiger partial charge in [0.05, 0.1) is 11.7 Å². The van der Waals surface area contributed by atoms with E-state index in [2.05, 4.69) is 0 Å². The van der Waals surface area contributed by atoms with Crippen LogP contribution in [0.2, 0.25) is 0 Å². The zero-order chi connectivity index (χ0) is 20.8. The van der Waals surface area contributed by atoms with Crippen LogP contribution in [0.4, 0.5) is 18.9 Å². The minimum atomic E-state index is -5.62. The van der Waals surface area contributed by atoms with Gasteiger partial charge in [0.2, 0.25) is 0 Å². The van der Waals surface area contributed by atoms with Gasteiger partial charge < -0.3 is 0 Å². The van der Waals surface area contributed by atoms with Crippen molar-refractivity contribution >= 4 is 33.5 Å². The van der Waals surface area contributed by atoms with Gasteiger partial charge in [0.15, 0.2) is 0 Å². The summed E-state index contributed by atoms with van der Waals surface area (Å²) in [5.41, 5.74) is -2.89. The van der Waals surface area contributed by atoms with E-state index in [0.29, 0.717) is 15.4 Å². The lowest BCUT2D eigenvalue weighted by molar-refractivity contribution is -0.0439. The van der Waals surface area contributed by atoms with E-state index < -0.39 is 21.6 Å². The van der Waals surface area contributed by atoms with Gasteiger partial charge in [0.25, 0.3) is 0 Å². The van der Waals surface area contributed by atoms with Crippen LogP contribution in [-0.4, -0.2) is 20.2 Å². The Morgan fingerprint density at radius 3 is 2.31 bits per heavy atom. The average Bonchev–Trinajstić information content (AvgIpc) is 2.85. The highest BCUT2D eigenvalue weighted by Crippen LogP contribution is 2.48. The average molecular weight is 435 g/mol. The summed E-state index contributed by atoms with van der Waals surface area (Å²) in [6, 6.07) is 16.0. The van der Waals surface area contributed by atoms with Crippen LogP contribution in [0.15, 0.2) is 71.6 Å². The van der Waals surface area contributed by atoms with Crippen LogP contribution >= 0.6 is 11.8 Å². The molecule has 0 radical (unpaired) electrons. The molecule has 0 saturated carbocycles. The minimum Gasteiger partial charge on any atom is -0.251 e. The Morgan fingerprint density at radius 2 is 1.62 bits per heavy atom. The van der Waals surface area contributed by atoms with Crippen LogP contribution in [0, 0.1) is 0 Å². The fraction of sp³-hybridized carbons (Fsp3) is 0.143. The molecule has 1 aromatic carbocycles. The van der Waals surface area contributed by atoms with Gasteiger partial charge in [-0.1, -0.05) is 60.7 Å². The first-order valence-corrected chi connectivity index (χ1v) is 11.4. The molecule has 0 aromatic heterocycles. The fourth-order valence-electron chi connectivity index (χ4n) is 3.60. The molecular weight excluding hydrogens is 419 g/mol. The molecule has 0 amide bonds. The van der Waals surface area contributed by atoms with E-state index in [4.69, 9.17) is 0 Å². The molecule has 0 spiro atoms. The van der Waals surface area contributed by atoms with Crippen LogP contribution in [-0.2, 0) is 10.0 Å². The quantitative estimate of drug-likeness (QED) is 0.478.